The van der Waals surface area contributed by atoms with E-state index < -0.39 is 9.84 Å². The van der Waals surface area contributed by atoms with Crippen molar-refractivity contribution in [2.75, 3.05) is 12.0 Å². The van der Waals surface area contributed by atoms with Gasteiger partial charge in [-0.25, -0.2) is 8.42 Å². The third-order valence-electron chi connectivity index (χ3n) is 2.86. The van der Waals surface area contributed by atoms with Crippen molar-refractivity contribution in [3.63, 3.8) is 0 Å². The number of furan rings is 1. The molecule has 1 aromatic heterocycles. The molecule has 0 fully saturated rings. The van der Waals surface area contributed by atoms with Crippen LogP contribution in [0.25, 0.3) is 11.3 Å². The van der Waals surface area contributed by atoms with Gasteiger partial charge in [0.1, 0.15) is 11.5 Å². The second-order valence-electron chi connectivity index (χ2n) is 4.37. The number of hydrogen-bond acceptors (Lipinski definition) is 4. The minimum absolute atomic E-state index is 0.131. The Hall–Kier alpha value is -1.75. The van der Waals surface area contributed by atoms with E-state index in [2.05, 4.69) is 0 Å². The maximum Gasteiger partial charge on any atom is 0.177 e. The number of anilines is 1. The third kappa shape index (κ3) is 2.26. The largest absolute Gasteiger partial charge is 0.461 e. The monoisotopic (exact) mass is 265 g/mol. The summed E-state index contributed by atoms with van der Waals surface area (Å²) in [6.45, 7) is 3.81. The average Bonchev–Trinajstić information content (AvgIpc) is 2.58. The molecule has 0 aliphatic rings. The number of benzene rings is 1. The van der Waals surface area contributed by atoms with E-state index in [1.165, 1.54) is 0 Å². The zero-order valence-electron chi connectivity index (χ0n) is 10.5. The van der Waals surface area contributed by atoms with Crippen molar-refractivity contribution in [3.8, 4) is 11.3 Å². The molecule has 1 heterocycles. The minimum Gasteiger partial charge on any atom is -0.461 e. The maximum atomic E-state index is 11.6. The first-order valence-electron chi connectivity index (χ1n) is 5.46. The smallest absolute Gasteiger partial charge is 0.177 e. The predicted octanol–water partition coefficient (Wildman–Crippen LogP) is 2.55. The van der Waals surface area contributed by atoms with Crippen LogP contribution in [0.2, 0.25) is 0 Å². The predicted molar refractivity (Wildman–Crippen MR) is 71.1 cm³/mol. The maximum absolute atomic E-state index is 11.6. The standard InChI is InChI=1S/C13H15NO3S/c1-8-6-12(17-9(8)2)10-4-5-11(14)13(7-10)18(3,15)16/h4-7H,14H2,1-3H3. The zero-order chi connectivity index (χ0) is 13.5. The Morgan fingerprint density at radius 3 is 2.33 bits per heavy atom. The van der Waals surface area contributed by atoms with E-state index in [-0.39, 0.29) is 10.6 Å². The molecule has 5 heteroatoms. The molecule has 0 amide bonds. The fourth-order valence-electron chi connectivity index (χ4n) is 1.72. The van der Waals surface area contributed by atoms with Crippen LogP contribution in [0.1, 0.15) is 11.3 Å². The molecule has 1 aromatic carbocycles. The van der Waals surface area contributed by atoms with Crippen molar-refractivity contribution in [2.45, 2.75) is 18.7 Å². The first kappa shape index (κ1) is 12.7. The summed E-state index contributed by atoms with van der Waals surface area (Å²) in [7, 11) is -3.33. The molecular weight excluding hydrogens is 250 g/mol. The summed E-state index contributed by atoms with van der Waals surface area (Å²) in [6, 6.07) is 6.76. The van der Waals surface area contributed by atoms with Crippen LogP contribution in [0.4, 0.5) is 5.69 Å². The molecule has 0 aliphatic heterocycles. The number of hydrogen-bond donors (Lipinski definition) is 1. The van der Waals surface area contributed by atoms with Crippen LogP contribution >= 0.6 is 0 Å². The highest BCUT2D eigenvalue weighted by atomic mass is 32.2. The van der Waals surface area contributed by atoms with Crippen LogP contribution in [0.5, 0.6) is 0 Å². The van der Waals surface area contributed by atoms with Gasteiger partial charge in [-0.2, -0.15) is 0 Å². The highest BCUT2D eigenvalue weighted by Gasteiger charge is 2.14. The molecule has 0 atom stereocenters. The summed E-state index contributed by atoms with van der Waals surface area (Å²) >= 11 is 0. The zero-order valence-corrected chi connectivity index (χ0v) is 11.3. The summed E-state index contributed by atoms with van der Waals surface area (Å²) in [5, 5.41) is 0. The highest BCUT2D eigenvalue weighted by Crippen LogP contribution is 2.29. The quantitative estimate of drug-likeness (QED) is 0.847. The lowest BCUT2D eigenvalue weighted by Gasteiger charge is -2.05. The van der Waals surface area contributed by atoms with E-state index in [9.17, 15) is 8.42 Å². The molecule has 0 unspecified atom stereocenters. The Labute approximate surface area is 106 Å². The Kier molecular flexibility index (Phi) is 2.94. The van der Waals surface area contributed by atoms with E-state index in [4.69, 9.17) is 10.2 Å². The van der Waals surface area contributed by atoms with Crippen LogP contribution < -0.4 is 5.73 Å². The fourth-order valence-corrected chi connectivity index (χ4v) is 2.56. The van der Waals surface area contributed by atoms with Crippen molar-refractivity contribution in [1.29, 1.82) is 0 Å². The third-order valence-corrected chi connectivity index (χ3v) is 4.02. The summed E-state index contributed by atoms with van der Waals surface area (Å²) in [4.78, 5) is 0.131. The molecule has 2 rings (SSSR count). The van der Waals surface area contributed by atoms with Crippen molar-refractivity contribution < 1.29 is 12.8 Å². The summed E-state index contributed by atoms with van der Waals surface area (Å²) in [5.41, 5.74) is 7.67. The lowest BCUT2D eigenvalue weighted by Crippen LogP contribution is -2.02. The fraction of sp³-hybridized carbons (Fsp3) is 0.231. The van der Waals surface area contributed by atoms with Gasteiger partial charge in [0.15, 0.2) is 9.84 Å². The van der Waals surface area contributed by atoms with E-state index >= 15 is 0 Å². The van der Waals surface area contributed by atoms with Gasteiger partial charge in [0, 0.05) is 11.8 Å². The SMILES string of the molecule is Cc1cc(-c2ccc(N)c(S(C)(=O)=O)c2)oc1C. The van der Waals surface area contributed by atoms with E-state index in [0.29, 0.717) is 11.3 Å². The normalized spacial score (nSPS) is 11.7. The molecule has 2 N–H and O–H groups in total. The highest BCUT2D eigenvalue weighted by molar-refractivity contribution is 7.90. The molecule has 0 saturated carbocycles. The Bertz CT molecular complexity index is 680. The molecule has 2 aromatic rings. The van der Waals surface area contributed by atoms with Crippen LogP contribution in [0.3, 0.4) is 0 Å². The minimum atomic E-state index is -3.33. The molecule has 0 spiro atoms. The Morgan fingerprint density at radius 2 is 1.83 bits per heavy atom. The first-order chi connectivity index (χ1) is 8.29. The van der Waals surface area contributed by atoms with Gasteiger partial charge < -0.3 is 10.2 Å². The second kappa shape index (κ2) is 4.17. The lowest BCUT2D eigenvalue weighted by atomic mass is 10.1. The first-order valence-corrected chi connectivity index (χ1v) is 7.35. The summed E-state index contributed by atoms with van der Waals surface area (Å²) in [6.07, 6.45) is 1.14. The van der Waals surface area contributed by atoms with E-state index in [1.807, 2.05) is 19.9 Å². The molecule has 18 heavy (non-hydrogen) atoms. The number of aryl methyl sites for hydroxylation is 2. The molecule has 0 aliphatic carbocycles. The van der Waals surface area contributed by atoms with Gasteiger partial charge in [0.25, 0.3) is 0 Å². The van der Waals surface area contributed by atoms with Crippen LogP contribution in [-0.4, -0.2) is 14.7 Å². The molecule has 0 bridgehead atoms. The molecule has 0 radical (unpaired) electrons. The second-order valence-corrected chi connectivity index (χ2v) is 6.36. The van der Waals surface area contributed by atoms with Gasteiger partial charge in [0.2, 0.25) is 0 Å². The van der Waals surface area contributed by atoms with Gasteiger partial charge >= 0.3 is 0 Å². The number of rotatable bonds is 2. The molecule has 4 nitrogen and oxygen atoms in total. The summed E-state index contributed by atoms with van der Waals surface area (Å²) < 4.78 is 28.8. The van der Waals surface area contributed by atoms with Gasteiger partial charge in [-0.05, 0) is 43.7 Å². The number of nitrogen functional groups attached to an aromatic ring is 1. The number of sulfone groups is 1. The van der Waals surface area contributed by atoms with Crippen molar-refractivity contribution in [3.05, 3.63) is 35.6 Å². The van der Waals surface area contributed by atoms with Gasteiger partial charge in [-0.15, -0.1) is 0 Å². The molecule has 96 valence electrons. The van der Waals surface area contributed by atoms with Crippen LogP contribution in [-0.2, 0) is 9.84 Å². The van der Waals surface area contributed by atoms with Crippen molar-refractivity contribution in [2.24, 2.45) is 0 Å². The molecular formula is C13H15NO3S. The van der Waals surface area contributed by atoms with E-state index in [0.717, 1.165) is 17.6 Å². The lowest BCUT2D eigenvalue weighted by molar-refractivity contribution is 0.545. The topological polar surface area (TPSA) is 73.3 Å². The van der Waals surface area contributed by atoms with Crippen molar-refractivity contribution in [1.82, 2.24) is 0 Å². The summed E-state index contributed by atoms with van der Waals surface area (Å²) in [5.74, 6) is 1.47. The number of nitrogens with two attached hydrogens (primary N) is 1. The Morgan fingerprint density at radius 1 is 1.17 bits per heavy atom. The average molecular weight is 265 g/mol. The Balaban J connectivity index is 2.61. The molecule has 0 saturated heterocycles. The van der Waals surface area contributed by atoms with Gasteiger partial charge in [-0.3, -0.25) is 0 Å². The van der Waals surface area contributed by atoms with Crippen LogP contribution in [0.15, 0.2) is 33.6 Å². The van der Waals surface area contributed by atoms with E-state index in [1.54, 1.807) is 18.2 Å². The van der Waals surface area contributed by atoms with Gasteiger partial charge in [-0.1, -0.05) is 0 Å². The van der Waals surface area contributed by atoms with Crippen molar-refractivity contribution >= 4 is 15.5 Å². The van der Waals surface area contributed by atoms with Gasteiger partial charge in [0.05, 0.1) is 10.6 Å². The van der Waals surface area contributed by atoms with Crippen LogP contribution in [0, 0.1) is 13.8 Å².